The van der Waals surface area contributed by atoms with Crippen LogP contribution in [0.2, 0.25) is 0 Å². The van der Waals surface area contributed by atoms with Gasteiger partial charge in [0.1, 0.15) is 17.1 Å². The minimum Gasteiger partial charge on any atom is -0.493 e. The molecule has 4 rings (SSSR count). The fourth-order valence-electron chi connectivity index (χ4n) is 4.80. The molecule has 0 saturated heterocycles. The third kappa shape index (κ3) is 5.31. The number of aryl methyl sites for hydroxylation is 1. The lowest BCUT2D eigenvalue weighted by molar-refractivity contribution is 0.0843. The summed E-state index contributed by atoms with van der Waals surface area (Å²) in [6.45, 7) is 9.00. The van der Waals surface area contributed by atoms with Crippen LogP contribution in [0.1, 0.15) is 64.4 Å². The van der Waals surface area contributed by atoms with E-state index in [2.05, 4.69) is 39.1 Å². The van der Waals surface area contributed by atoms with Crippen molar-refractivity contribution in [1.82, 2.24) is 5.32 Å². The van der Waals surface area contributed by atoms with Gasteiger partial charge in [0, 0.05) is 13.0 Å². The van der Waals surface area contributed by atoms with Crippen molar-refractivity contribution in [3.05, 3.63) is 75.7 Å². The predicted octanol–water partition coefficient (Wildman–Crippen LogP) is 5.58. The number of fused-ring (bicyclic) bond motifs is 1. The fourth-order valence-corrected chi connectivity index (χ4v) is 4.80. The number of carbonyl (C=O) groups is 1. The monoisotopic (exact) mass is 477 g/mol. The largest absolute Gasteiger partial charge is 0.493 e. The average Bonchev–Trinajstić information content (AvgIpc) is 3.29. The number of ether oxygens (including phenoxy) is 3. The highest BCUT2D eigenvalue weighted by Gasteiger charge is 2.29. The average molecular weight is 478 g/mol. The highest BCUT2D eigenvalue weighted by Crippen LogP contribution is 2.38. The van der Waals surface area contributed by atoms with E-state index in [1.807, 2.05) is 24.3 Å². The van der Waals surface area contributed by atoms with Crippen LogP contribution in [0, 0.1) is 13.8 Å². The van der Waals surface area contributed by atoms with E-state index in [-0.39, 0.29) is 11.5 Å². The van der Waals surface area contributed by atoms with Gasteiger partial charge in [-0.25, -0.2) is 0 Å². The summed E-state index contributed by atoms with van der Waals surface area (Å²) in [6.07, 6.45) is 3.26. The highest BCUT2D eigenvalue weighted by atomic mass is 16.5. The fraction of sp³-hybridized carbons (Fsp3) is 0.414. The Labute approximate surface area is 207 Å². The summed E-state index contributed by atoms with van der Waals surface area (Å²) in [5, 5.41) is 2.94. The SMILES string of the molecule is COc1cccc(CCNC(=O)c2ccc(Cc3c(C)cc4c(c3C)CCC(C)(C)O4)o2)c1OC. The summed E-state index contributed by atoms with van der Waals surface area (Å²) in [6, 6.07) is 11.5. The van der Waals surface area contributed by atoms with Crippen molar-refractivity contribution in [2.75, 3.05) is 20.8 Å². The Hall–Kier alpha value is -3.41. The Balaban J connectivity index is 1.41. The Morgan fingerprint density at radius 1 is 1.11 bits per heavy atom. The second-order valence-electron chi connectivity index (χ2n) is 9.74. The molecule has 6 heteroatoms. The maximum atomic E-state index is 12.7. The molecule has 3 aromatic rings. The number of benzene rings is 2. The molecular formula is C29H35NO5. The molecule has 0 unspecified atom stereocenters. The smallest absolute Gasteiger partial charge is 0.287 e. The molecule has 1 N–H and O–H groups in total. The van der Waals surface area contributed by atoms with Gasteiger partial charge < -0.3 is 23.9 Å². The van der Waals surface area contributed by atoms with Crippen LogP contribution in [0.15, 0.2) is 40.8 Å². The van der Waals surface area contributed by atoms with Crippen molar-refractivity contribution in [2.45, 2.75) is 59.0 Å². The summed E-state index contributed by atoms with van der Waals surface area (Å²) in [5.41, 5.74) is 5.78. The van der Waals surface area contributed by atoms with E-state index in [0.29, 0.717) is 36.6 Å². The van der Waals surface area contributed by atoms with Gasteiger partial charge in [-0.1, -0.05) is 12.1 Å². The van der Waals surface area contributed by atoms with Crippen LogP contribution in [0.25, 0.3) is 0 Å². The molecule has 0 radical (unpaired) electrons. The number of nitrogens with one attached hydrogen (secondary N) is 1. The van der Waals surface area contributed by atoms with Crippen molar-refractivity contribution >= 4 is 5.91 Å². The number of hydrogen-bond acceptors (Lipinski definition) is 5. The lowest BCUT2D eigenvalue weighted by atomic mass is 9.87. The first kappa shape index (κ1) is 24.7. The molecule has 0 aliphatic carbocycles. The molecule has 0 bridgehead atoms. The van der Waals surface area contributed by atoms with Gasteiger partial charge in [-0.05, 0) is 99.0 Å². The molecule has 0 saturated carbocycles. The van der Waals surface area contributed by atoms with E-state index >= 15 is 0 Å². The van der Waals surface area contributed by atoms with Crippen LogP contribution in [-0.2, 0) is 19.3 Å². The summed E-state index contributed by atoms with van der Waals surface area (Å²) >= 11 is 0. The maximum Gasteiger partial charge on any atom is 0.287 e. The molecule has 0 fully saturated rings. The highest BCUT2D eigenvalue weighted by molar-refractivity contribution is 5.91. The van der Waals surface area contributed by atoms with Crippen LogP contribution >= 0.6 is 0 Å². The van der Waals surface area contributed by atoms with E-state index in [1.165, 1.54) is 22.3 Å². The molecule has 1 aliphatic rings. The Bertz CT molecular complexity index is 1220. The minimum atomic E-state index is -0.229. The minimum absolute atomic E-state index is 0.131. The van der Waals surface area contributed by atoms with Crippen molar-refractivity contribution in [3.63, 3.8) is 0 Å². The number of furan rings is 1. The summed E-state index contributed by atoms with van der Waals surface area (Å²) in [5.74, 6) is 3.22. The molecule has 0 atom stereocenters. The van der Waals surface area contributed by atoms with Crippen LogP contribution in [0.4, 0.5) is 0 Å². The Morgan fingerprint density at radius 2 is 1.91 bits per heavy atom. The molecule has 35 heavy (non-hydrogen) atoms. The normalized spacial score (nSPS) is 14.1. The summed E-state index contributed by atoms with van der Waals surface area (Å²) < 4.78 is 23.0. The van der Waals surface area contributed by atoms with E-state index in [4.69, 9.17) is 18.6 Å². The molecule has 2 aromatic carbocycles. The lowest BCUT2D eigenvalue weighted by Crippen LogP contribution is -2.33. The van der Waals surface area contributed by atoms with E-state index in [0.717, 1.165) is 29.9 Å². The number of rotatable bonds is 8. The predicted molar refractivity (Wildman–Crippen MR) is 136 cm³/mol. The van der Waals surface area contributed by atoms with Crippen LogP contribution in [0.5, 0.6) is 17.2 Å². The first-order valence-corrected chi connectivity index (χ1v) is 12.1. The summed E-state index contributed by atoms with van der Waals surface area (Å²) in [4.78, 5) is 12.7. The number of amides is 1. The third-order valence-corrected chi connectivity index (χ3v) is 6.79. The zero-order chi connectivity index (χ0) is 25.2. The molecule has 1 amide bonds. The second-order valence-corrected chi connectivity index (χ2v) is 9.74. The van der Waals surface area contributed by atoms with E-state index < -0.39 is 0 Å². The van der Waals surface area contributed by atoms with Crippen LogP contribution in [-0.4, -0.2) is 32.3 Å². The molecule has 2 heterocycles. The van der Waals surface area contributed by atoms with Gasteiger partial charge in [-0.15, -0.1) is 0 Å². The second kappa shape index (κ2) is 10.1. The van der Waals surface area contributed by atoms with Gasteiger partial charge in [0.2, 0.25) is 0 Å². The van der Waals surface area contributed by atoms with Crippen molar-refractivity contribution in [2.24, 2.45) is 0 Å². The van der Waals surface area contributed by atoms with Crippen molar-refractivity contribution in [3.8, 4) is 17.2 Å². The van der Waals surface area contributed by atoms with E-state index in [9.17, 15) is 4.79 Å². The molecular weight excluding hydrogens is 442 g/mol. The van der Waals surface area contributed by atoms with Gasteiger partial charge in [0.25, 0.3) is 5.91 Å². The van der Waals surface area contributed by atoms with Crippen molar-refractivity contribution in [1.29, 1.82) is 0 Å². The molecule has 1 aliphatic heterocycles. The Morgan fingerprint density at radius 3 is 2.66 bits per heavy atom. The zero-order valence-corrected chi connectivity index (χ0v) is 21.5. The summed E-state index contributed by atoms with van der Waals surface area (Å²) in [7, 11) is 3.23. The maximum absolute atomic E-state index is 12.7. The number of carbonyl (C=O) groups excluding carboxylic acids is 1. The molecule has 0 spiro atoms. The van der Waals surface area contributed by atoms with Crippen molar-refractivity contribution < 1.29 is 23.4 Å². The topological polar surface area (TPSA) is 69.9 Å². The lowest BCUT2D eigenvalue weighted by Gasteiger charge is -2.34. The standard InChI is InChI=1S/C29H35NO5/c1-18-16-26-22(12-14-29(3,4)35-26)19(2)23(18)17-21-10-11-25(34-21)28(31)30-15-13-20-8-7-9-24(32-5)27(20)33-6/h7-11,16H,12-15,17H2,1-6H3,(H,30,31). The van der Waals surface area contributed by atoms with Crippen LogP contribution in [0.3, 0.4) is 0 Å². The van der Waals surface area contributed by atoms with Gasteiger partial charge in [0.05, 0.1) is 14.2 Å². The van der Waals surface area contributed by atoms with Gasteiger partial charge >= 0.3 is 0 Å². The third-order valence-electron chi connectivity index (χ3n) is 6.79. The van der Waals surface area contributed by atoms with E-state index in [1.54, 1.807) is 20.3 Å². The quantitative estimate of drug-likeness (QED) is 0.459. The molecule has 6 nitrogen and oxygen atoms in total. The van der Waals surface area contributed by atoms with Gasteiger partial charge in [-0.3, -0.25) is 4.79 Å². The molecule has 186 valence electrons. The zero-order valence-electron chi connectivity index (χ0n) is 21.5. The first-order valence-electron chi connectivity index (χ1n) is 12.1. The van der Waals surface area contributed by atoms with Gasteiger partial charge in [0.15, 0.2) is 17.3 Å². The van der Waals surface area contributed by atoms with Gasteiger partial charge in [-0.2, -0.15) is 0 Å². The number of hydrogen-bond donors (Lipinski definition) is 1. The first-order chi connectivity index (χ1) is 16.7. The van der Waals surface area contributed by atoms with Crippen LogP contribution < -0.4 is 19.5 Å². The number of para-hydroxylation sites is 1. The Kier molecular flexibility index (Phi) is 7.10. The molecule has 1 aromatic heterocycles. The number of methoxy groups -OCH3 is 2.